The second kappa shape index (κ2) is 7.04. The zero-order valence-electron chi connectivity index (χ0n) is 14.4. The molecular weight excluding hydrogens is 302 g/mol. The first kappa shape index (κ1) is 16.5. The Morgan fingerprint density at radius 2 is 1.96 bits per heavy atom. The predicted octanol–water partition coefficient (Wildman–Crippen LogP) is 3.72. The minimum Gasteiger partial charge on any atom is -0.493 e. The van der Waals surface area contributed by atoms with E-state index in [1.807, 2.05) is 24.3 Å². The molecule has 0 spiro atoms. The van der Waals surface area contributed by atoms with E-state index in [4.69, 9.17) is 9.47 Å². The van der Waals surface area contributed by atoms with E-state index < -0.39 is 0 Å². The highest BCUT2D eigenvalue weighted by Gasteiger charge is 2.32. The molecule has 0 N–H and O–H groups in total. The molecule has 0 amide bonds. The summed E-state index contributed by atoms with van der Waals surface area (Å²) < 4.78 is 11.3. The number of pyridine rings is 1. The van der Waals surface area contributed by atoms with E-state index in [1.165, 1.54) is 0 Å². The Hall–Kier alpha value is -2.36. The maximum absolute atomic E-state index is 12.8. The molecule has 0 radical (unpaired) electrons. The molecule has 0 saturated heterocycles. The number of nitrogens with zero attached hydrogens (tertiary/aromatic N) is 1. The normalized spacial score (nSPS) is 16.3. The van der Waals surface area contributed by atoms with Gasteiger partial charge in [-0.2, -0.15) is 0 Å². The van der Waals surface area contributed by atoms with Crippen LogP contribution in [0.25, 0.3) is 0 Å². The maximum Gasteiger partial charge on any atom is 0.167 e. The van der Waals surface area contributed by atoms with Crippen molar-refractivity contribution in [2.24, 2.45) is 11.8 Å². The van der Waals surface area contributed by atoms with Crippen LogP contribution in [-0.4, -0.2) is 24.5 Å². The lowest BCUT2D eigenvalue weighted by molar-refractivity contribution is 0.0936. The van der Waals surface area contributed by atoms with Crippen LogP contribution in [0.3, 0.4) is 0 Å². The second-order valence-electron chi connectivity index (χ2n) is 6.69. The molecule has 0 saturated carbocycles. The summed E-state index contributed by atoms with van der Waals surface area (Å²) >= 11 is 0. The van der Waals surface area contributed by atoms with Crippen molar-refractivity contribution >= 4 is 5.78 Å². The number of fused-ring (bicyclic) bond motifs is 1. The van der Waals surface area contributed by atoms with E-state index in [0.717, 1.165) is 29.5 Å². The van der Waals surface area contributed by atoms with Crippen LogP contribution in [0.4, 0.5) is 0 Å². The molecule has 4 heteroatoms. The van der Waals surface area contributed by atoms with Crippen LogP contribution in [0.15, 0.2) is 36.7 Å². The molecule has 1 heterocycles. The molecule has 3 rings (SSSR count). The van der Waals surface area contributed by atoms with Crippen molar-refractivity contribution in [3.05, 3.63) is 53.3 Å². The quantitative estimate of drug-likeness (QED) is 0.812. The summed E-state index contributed by atoms with van der Waals surface area (Å²) in [6, 6.07) is 7.74. The third-order valence-corrected chi connectivity index (χ3v) is 4.30. The summed E-state index contributed by atoms with van der Waals surface area (Å²) in [6.45, 7) is 4.79. The summed E-state index contributed by atoms with van der Waals surface area (Å²) in [5, 5.41) is 0. The van der Waals surface area contributed by atoms with Crippen LogP contribution in [0, 0.1) is 11.8 Å². The van der Waals surface area contributed by atoms with Crippen molar-refractivity contribution in [2.45, 2.75) is 26.7 Å². The Morgan fingerprint density at radius 1 is 1.21 bits per heavy atom. The number of rotatable bonds is 6. The van der Waals surface area contributed by atoms with E-state index in [2.05, 4.69) is 18.8 Å². The number of carbonyl (C=O) groups is 1. The molecule has 1 aromatic carbocycles. The van der Waals surface area contributed by atoms with Gasteiger partial charge in [0.2, 0.25) is 0 Å². The fourth-order valence-corrected chi connectivity index (χ4v) is 3.08. The average molecular weight is 325 g/mol. The Balaban J connectivity index is 1.82. The first-order valence-corrected chi connectivity index (χ1v) is 8.35. The molecule has 1 atom stereocenters. The van der Waals surface area contributed by atoms with Crippen molar-refractivity contribution in [1.82, 2.24) is 4.98 Å². The molecule has 24 heavy (non-hydrogen) atoms. The second-order valence-corrected chi connectivity index (χ2v) is 6.69. The number of hydrogen-bond acceptors (Lipinski definition) is 4. The standard InChI is InChI=1S/C20H23NO3/c1-13(2)12-24-19-11-17-15(10-18(19)23-3)9-16(20(17)22)8-14-4-6-21-7-5-14/h4-7,10-11,13,16H,8-9,12H2,1-3H3. The highest BCUT2D eigenvalue weighted by Crippen LogP contribution is 2.38. The topological polar surface area (TPSA) is 48.4 Å². The van der Waals surface area contributed by atoms with Crippen molar-refractivity contribution in [3.8, 4) is 11.5 Å². The van der Waals surface area contributed by atoms with Crippen LogP contribution in [0.2, 0.25) is 0 Å². The number of ketones is 1. The van der Waals surface area contributed by atoms with E-state index in [1.54, 1.807) is 19.5 Å². The van der Waals surface area contributed by atoms with Crippen molar-refractivity contribution < 1.29 is 14.3 Å². The molecule has 0 fully saturated rings. The van der Waals surface area contributed by atoms with Gasteiger partial charge in [-0.15, -0.1) is 0 Å². The van der Waals surface area contributed by atoms with E-state index in [0.29, 0.717) is 24.0 Å². The Kier molecular flexibility index (Phi) is 4.84. The van der Waals surface area contributed by atoms with Crippen LogP contribution < -0.4 is 9.47 Å². The highest BCUT2D eigenvalue weighted by atomic mass is 16.5. The number of benzene rings is 1. The summed E-state index contributed by atoms with van der Waals surface area (Å²) in [4.78, 5) is 16.8. The third-order valence-electron chi connectivity index (χ3n) is 4.30. The Bertz CT molecular complexity index is 725. The number of Topliss-reactive ketones (excluding diaryl/α,β-unsaturated/α-hetero) is 1. The van der Waals surface area contributed by atoms with Crippen molar-refractivity contribution in [3.63, 3.8) is 0 Å². The van der Waals surface area contributed by atoms with Gasteiger partial charge in [0, 0.05) is 23.9 Å². The smallest absolute Gasteiger partial charge is 0.167 e. The largest absolute Gasteiger partial charge is 0.493 e. The van der Waals surface area contributed by atoms with Gasteiger partial charge < -0.3 is 9.47 Å². The van der Waals surface area contributed by atoms with Crippen LogP contribution >= 0.6 is 0 Å². The number of hydrogen-bond donors (Lipinski definition) is 0. The van der Waals surface area contributed by atoms with Crippen LogP contribution in [0.5, 0.6) is 11.5 Å². The van der Waals surface area contributed by atoms with E-state index >= 15 is 0 Å². The molecular formula is C20H23NO3. The fourth-order valence-electron chi connectivity index (χ4n) is 3.08. The molecule has 0 aliphatic heterocycles. The van der Waals surface area contributed by atoms with Gasteiger partial charge >= 0.3 is 0 Å². The van der Waals surface area contributed by atoms with Crippen LogP contribution in [-0.2, 0) is 12.8 Å². The minimum absolute atomic E-state index is 0.0209. The maximum atomic E-state index is 12.8. The predicted molar refractivity (Wildman–Crippen MR) is 92.8 cm³/mol. The van der Waals surface area contributed by atoms with Crippen molar-refractivity contribution in [1.29, 1.82) is 0 Å². The van der Waals surface area contributed by atoms with Gasteiger partial charge in [0.15, 0.2) is 17.3 Å². The van der Waals surface area contributed by atoms with Gasteiger partial charge in [0.05, 0.1) is 13.7 Å². The van der Waals surface area contributed by atoms with Gasteiger partial charge in [-0.1, -0.05) is 13.8 Å². The minimum atomic E-state index is -0.0209. The molecule has 1 aliphatic carbocycles. The molecule has 2 aromatic rings. The van der Waals surface area contributed by atoms with Gasteiger partial charge in [-0.25, -0.2) is 0 Å². The molecule has 126 valence electrons. The highest BCUT2D eigenvalue weighted by molar-refractivity contribution is 6.03. The van der Waals surface area contributed by atoms with Gasteiger partial charge in [-0.3, -0.25) is 9.78 Å². The van der Waals surface area contributed by atoms with Gasteiger partial charge in [0.1, 0.15) is 0 Å². The van der Waals surface area contributed by atoms with Crippen LogP contribution in [0.1, 0.15) is 35.3 Å². The zero-order valence-corrected chi connectivity index (χ0v) is 14.4. The number of methoxy groups -OCH3 is 1. The fraction of sp³-hybridized carbons (Fsp3) is 0.400. The lowest BCUT2D eigenvalue weighted by atomic mass is 9.96. The lowest BCUT2D eigenvalue weighted by Gasteiger charge is -2.13. The first-order valence-electron chi connectivity index (χ1n) is 8.35. The first-order chi connectivity index (χ1) is 11.6. The third kappa shape index (κ3) is 3.42. The van der Waals surface area contributed by atoms with Gasteiger partial charge in [0.25, 0.3) is 0 Å². The summed E-state index contributed by atoms with van der Waals surface area (Å²) in [5.41, 5.74) is 2.96. The molecule has 1 aromatic heterocycles. The lowest BCUT2D eigenvalue weighted by Crippen LogP contribution is -2.12. The number of aromatic nitrogens is 1. The van der Waals surface area contributed by atoms with E-state index in [9.17, 15) is 4.79 Å². The monoisotopic (exact) mass is 325 g/mol. The molecule has 0 bridgehead atoms. The molecule has 1 unspecified atom stereocenters. The average Bonchev–Trinajstić information content (AvgIpc) is 2.88. The number of ether oxygens (including phenoxy) is 2. The molecule has 1 aliphatic rings. The summed E-state index contributed by atoms with van der Waals surface area (Å²) in [5.74, 6) is 1.94. The molecule has 4 nitrogen and oxygen atoms in total. The van der Waals surface area contributed by atoms with Gasteiger partial charge in [-0.05, 0) is 54.2 Å². The zero-order chi connectivity index (χ0) is 17.1. The summed E-state index contributed by atoms with van der Waals surface area (Å²) in [6.07, 6.45) is 5.02. The van der Waals surface area contributed by atoms with E-state index in [-0.39, 0.29) is 11.7 Å². The Morgan fingerprint density at radius 3 is 2.62 bits per heavy atom. The van der Waals surface area contributed by atoms with Crippen molar-refractivity contribution in [2.75, 3.05) is 13.7 Å². The summed E-state index contributed by atoms with van der Waals surface area (Å²) in [7, 11) is 1.63. The Labute approximate surface area is 142 Å². The number of carbonyl (C=O) groups excluding carboxylic acids is 1. The SMILES string of the molecule is COc1cc2c(cc1OCC(C)C)C(=O)C(Cc1ccncc1)C2.